The van der Waals surface area contributed by atoms with Gasteiger partial charge in [-0.1, -0.05) is 0 Å². The molecular weight excluding hydrogens is 270 g/mol. The first-order chi connectivity index (χ1) is 9.35. The maximum absolute atomic E-state index is 11.8. The lowest BCUT2D eigenvalue weighted by atomic mass is 10.1. The number of methoxy groups -OCH3 is 1. The number of amides is 1. The number of carboxylic acid groups (broad SMARTS) is 2. The Balaban J connectivity index is 2.86. The minimum absolute atomic E-state index is 0.0139. The molecule has 0 saturated carbocycles. The highest BCUT2D eigenvalue weighted by atomic mass is 16.5. The Morgan fingerprint density at radius 3 is 2.40 bits per heavy atom. The summed E-state index contributed by atoms with van der Waals surface area (Å²) in [6.07, 6.45) is -0.747. The third-order valence-electron chi connectivity index (χ3n) is 2.42. The van der Waals surface area contributed by atoms with E-state index in [2.05, 4.69) is 5.32 Å². The van der Waals surface area contributed by atoms with Crippen molar-refractivity contribution in [2.75, 3.05) is 7.11 Å². The number of ether oxygens (including phenoxy) is 1. The summed E-state index contributed by atoms with van der Waals surface area (Å²) >= 11 is 0. The highest BCUT2D eigenvalue weighted by Crippen LogP contribution is 2.26. The molecule has 0 unspecified atom stereocenters. The smallest absolute Gasteiger partial charge is 0.326 e. The molecule has 8 heteroatoms. The number of carbonyl (C=O) groups excluding carboxylic acids is 1. The molecule has 1 aromatic rings. The number of rotatable bonds is 6. The normalized spacial score (nSPS) is 11.4. The standard InChI is InChI=1S/C12H13NO7/c1-20-9-3-2-6(4-8(9)14)11(17)13-7(12(18)19)5-10(15)16/h2-4,7,14H,5H2,1H3,(H,13,17)(H,15,16)(H,18,19)/t7-/m1/s1. The fourth-order valence-corrected chi connectivity index (χ4v) is 1.45. The number of hydrogen-bond acceptors (Lipinski definition) is 5. The van der Waals surface area contributed by atoms with E-state index in [1.807, 2.05) is 0 Å². The monoisotopic (exact) mass is 283 g/mol. The lowest BCUT2D eigenvalue weighted by Crippen LogP contribution is -2.42. The van der Waals surface area contributed by atoms with Crippen molar-refractivity contribution >= 4 is 17.8 Å². The van der Waals surface area contributed by atoms with E-state index >= 15 is 0 Å². The van der Waals surface area contributed by atoms with Gasteiger partial charge in [0.05, 0.1) is 13.5 Å². The minimum atomic E-state index is -1.55. The van der Waals surface area contributed by atoms with Crippen molar-refractivity contribution in [1.29, 1.82) is 0 Å². The SMILES string of the molecule is COc1ccc(C(=O)N[C@H](CC(=O)O)C(=O)O)cc1O. The fraction of sp³-hybridized carbons (Fsp3) is 0.250. The summed E-state index contributed by atoms with van der Waals surface area (Å²) < 4.78 is 4.80. The topological polar surface area (TPSA) is 133 Å². The quantitative estimate of drug-likeness (QED) is 0.580. The molecule has 1 aromatic carbocycles. The van der Waals surface area contributed by atoms with Crippen LogP contribution in [0.15, 0.2) is 18.2 Å². The van der Waals surface area contributed by atoms with Crippen molar-refractivity contribution in [3.63, 3.8) is 0 Å². The third-order valence-corrected chi connectivity index (χ3v) is 2.42. The van der Waals surface area contributed by atoms with E-state index in [0.717, 1.165) is 6.07 Å². The molecule has 0 heterocycles. The van der Waals surface area contributed by atoms with E-state index in [1.54, 1.807) is 0 Å². The number of aromatic hydroxyl groups is 1. The lowest BCUT2D eigenvalue weighted by molar-refractivity contribution is -0.145. The Labute approximate surface area is 113 Å². The molecule has 0 aliphatic heterocycles. The van der Waals surface area contributed by atoms with Crippen LogP contribution in [0.25, 0.3) is 0 Å². The number of phenols is 1. The molecule has 0 radical (unpaired) electrons. The molecule has 108 valence electrons. The second-order valence-corrected chi connectivity index (χ2v) is 3.85. The Bertz CT molecular complexity index is 541. The first kappa shape index (κ1) is 15.3. The van der Waals surface area contributed by atoms with Crippen molar-refractivity contribution in [1.82, 2.24) is 5.32 Å². The van der Waals surface area contributed by atoms with Gasteiger partial charge >= 0.3 is 11.9 Å². The maximum Gasteiger partial charge on any atom is 0.326 e. The number of aliphatic carboxylic acids is 2. The molecule has 8 nitrogen and oxygen atoms in total. The summed E-state index contributed by atoms with van der Waals surface area (Å²) in [5.41, 5.74) is -0.0139. The lowest BCUT2D eigenvalue weighted by Gasteiger charge is -2.13. The molecule has 1 atom stereocenters. The summed E-state index contributed by atoms with van der Waals surface area (Å²) in [5, 5.41) is 28.9. The van der Waals surface area contributed by atoms with Crippen LogP contribution in [0.3, 0.4) is 0 Å². The zero-order chi connectivity index (χ0) is 15.3. The van der Waals surface area contributed by atoms with Crippen LogP contribution in [0.4, 0.5) is 0 Å². The van der Waals surface area contributed by atoms with Crippen LogP contribution in [0.5, 0.6) is 11.5 Å². The average molecular weight is 283 g/mol. The Kier molecular flexibility index (Phi) is 4.90. The van der Waals surface area contributed by atoms with Gasteiger partial charge in [-0.2, -0.15) is 0 Å². The van der Waals surface area contributed by atoms with Crippen molar-refractivity contribution < 1.29 is 34.4 Å². The number of phenolic OH excluding ortho intramolecular Hbond substituents is 1. The van der Waals surface area contributed by atoms with Gasteiger partial charge in [-0.05, 0) is 18.2 Å². The molecule has 1 amide bonds. The van der Waals surface area contributed by atoms with Crippen molar-refractivity contribution in [2.45, 2.75) is 12.5 Å². The number of hydrogen-bond donors (Lipinski definition) is 4. The first-order valence-corrected chi connectivity index (χ1v) is 5.47. The minimum Gasteiger partial charge on any atom is -0.504 e. The zero-order valence-corrected chi connectivity index (χ0v) is 10.5. The van der Waals surface area contributed by atoms with Crippen LogP contribution < -0.4 is 10.1 Å². The molecule has 0 spiro atoms. The van der Waals surface area contributed by atoms with Crippen LogP contribution in [0.2, 0.25) is 0 Å². The van der Waals surface area contributed by atoms with Gasteiger partial charge in [0, 0.05) is 5.56 Å². The molecule has 0 saturated heterocycles. The van der Waals surface area contributed by atoms with Gasteiger partial charge in [0.25, 0.3) is 5.91 Å². The van der Waals surface area contributed by atoms with Crippen LogP contribution in [-0.4, -0.2) is 46.3 Å². The Morgan fingerprint density at radius 1 is 1.30 bits per heavy atom. The molecule has 0 aromatic heterocycles. The molecule has 0 aliphatic rings. The second-order valence-electron chi connectivity index (χ2n) is 3.85. The molecule has 1 rings (SSSR count). The highest BCUT2D eigenvalue weighted by molar-refractivity contribution is 5.97. The van der Waals surface area contributed by atoms with Crippen LogP contribution in [0, 0.1) is 0 Å². The zero-order valence-electron chi connectivity index (χ0n) is 10.5. The molecule has 0 fully saturated rings. The van der Waals surface area contributed by atoms with Gasteiger partial charge in [-0.15, -0.1) is 0 Å². The molecule has 0 bridgehead atoms. The summed E-state index contributed by atoms with van der Waals surface area (Å²) in [4.78, 5) is 33.1. The van der Waals surface area contributed by atoms with Crippen molar-refractivity contribution in [3.8, 4) is 11.5 Å². The number of nitrogens with one attached hydrogen (secondary N) is 1. The Morgan fingerprint density at radius 2 is 1.95 bits per heavy atom. The first-order valence-electron chi connectivity index (χ1n) is 5.47. The van der Waals surface area contributed by atoms with E-state index in [0.29, 0.717) is 0 Å². The van der Waals surface area contributed by atoms with Crippen LogP contribution in [0.1, 0.15) is 16.8 Å². The number of carbonyl (C=O) groups is 3. The van der Waals surface area contributed by atoms with E-state index < -0.39 is 30.3 Å². The fourth-order valence-electron chi connectivity index (χ4n) is 1.45. The van der Waals surface area contributed by atoms with Gasteiger partial charge in [0.2, 0.25) is 0 Å². The second kappa shape index (κ2) is 6.41. The van der Waals surface area contributed by atoms with Gasteiger partial charge in [-0.25, -0.2) is 4.79 Å². The van der Waals surface area contributed by atoms with Crippen LogP contribution in [-0.2, 0) is 9.59 Å². The third kappa shape index (κ3) is 3.87. The molecular formula is C12H13NO7. The highest BCUT2D eigenvalue weighted by Gasteiger charge is 2.23. The van der Waals surface area contributed by atoms with E-state index in [9.17, 15) is 19.5 Å². The molecule has 20 heavy (non-hydrogen) atoms. The maximum atomic E-state index is 11.8. The van der Waals surface area contributed by atoms with Crippen molar-refractivity contribution in [3.05, 3.63) is 23.8 Å². The summed E-state index contributed by atoms with van der Waals surface area (Å²) in [6.45, 7) is 0. The van der Waals surface area contributed by atoms with Crippen molar-refractivity contribution in [2.24, 2.45) is 0 Å². The van der Waals surface area contributed by atoms with Gasteiger partial charge in [0.15, 0.2) is 11.5 Å². The van der Waals surface area contributed by atoms with E-state index in [4.69, 9.17) is 14.9 Å². The molecule has 4 N–H and O–H groups in total. The summed E-state index contributed by atoms with van der Waals surface area (Å²) in [5.74, 6) is -3.75. The molecule has 0 aliphatic carbocycles. The van der Waals surface area contributed by atoms with Crippen LogP contribution >= 0.6 is 0 Å². The van der Waals surface area contributed by atoms with E-state index in [-0.39, 0.29) is 17.1 Å². The largest absolute Gasteiger partial charge is 0.504 e. The number of carboxylic acids is 2. The predicted molar refractivity (Wildman–Crippen MR) is 65.8 cm³/mol. The average Bonchev–Trinajstić information content (AvgIpc) is 2.37. The predicted octanol–water partition coefficient (Wildman–Crippen LogP) is 0.0585. The van der Waals surface area contributed by atoms with Gasteiger partial charge in [-0.3, -0.25) is 9.59 Å². The summed E-state index contributed by atoms with van der Waals surface area (Å²) in [6, 6.07) is 2.18. The summed E-state index contributed by atoms with van der Waals surface area (Å²) in [7, 11) is 1.34. The van der Waals surface area contributed by atoms with Gasteiger partial charge in [0.1, 0.15) is 6.04 Å². The number of benzene rings is 1. The van der Waals surface area contributed by atoms with E-state index in [1.165, 1.54) is 19.2 Å². The Hall–Kier alpha value is -2.77. The van der Waals surface area contributed by atoms with Gasteiger partial charge < -0.3 is 25.4 Å².